The minimum atomic E-state index is -3.86. The Balaban J connectivity index is 3.08. The first-order valence-corrected chi connectivity index (χ1v) is 7.06. The van der Waals surface area contributed by atoms with Gasteiger partial charge in [-0.15, -0.1) is 0 Å². The molecule has 0 aliphatic rings. The Morgan fingerprint density at radius 1 is 1.39 bits per heavy atom. The number of nitrogen functional groups attached to an aromatic ring is 1. The number of amides is 1. The fourth-order valence-corrected chi connectivity index (χ4v) is 2.64. The van der Waals surface area contributed by atoms with E-state index in [1.807, 2.05) is 0 Å². The maximum atomic E-state index is 12.2. The summed E-state index contributed by atoms with van der Waals surface area (Å²) in [5.41, 5.74) is 5.62. The monoisotopic (exact) mass is 271 g/mol. The predicted octanol–water partition coefficient (Wildman–Crippen LogP) is 0.351. The average molecular weight is 271 g/mol. The molecule has 6 nitrogen and oxygen atoms in total. The van der Waals surface area contributed by atoms with Gasteiger partial charge in [0.25, 0.3) is 0 Å². The van der Waals surface area contributed by atoms with Crippen LogP contribution in [0.15, 0.2) is 23.4 Å². The molecule has 0 radical (unpaired) electrons. The van der Waals surface area contributed by atoms with Crippen LogP contribution >= 0.6 is 0 Å². The summed E-state index contributed by atoms with van der Waals surface area (Å²) in [5, 5.41) is 1.07. The number of nitrogens with zero attached hydrogens (tertiary/aromatic N) is 1. The summed E-state index contributed by atoms with van der Waals surface area (Å²) >= 11 is 0. The third-order valence-corrected chi connectivity index (χ3v) is 4.36. The second-order valence-electron chi connectivity index (χ2n) is 4.25. The number of aromatic nitrogens is 1. The highest BCUT2D eigenvalue weighted by atomic mass is 32.2. The highest BCUT2D eigenvalue weighted by Gasteiger charge is 2.32. The molecule has 0 spiro atoms. The molecule has 1 aromatic heterocycles. The molecule has 18 heavy (non-hydrogen) atoms. The molecule has 100 valence electrons. The van der Waals surface area contributed by atoms with Crippen LogP contribution in [0.5, 0.6) is 0 Å². The lowest BCUT2D eigenvalue weighted by atomic mass is 10.3. The molecule has 1 rings (SSSR count). The number of rotatable bonds is 4. The largest absolute Gasteiger partial charge is 0.396 e. The first-order chi connectivity index (χ1) is 8.26. The van der Waals surface area contributed by atoms with Crippen LogP contribution in [0.4, 0.5) is 5.69 Å². The summed E-state index contributed by atoms with van der Waals surface area (Å²) in [6.07, 6.45) is 1.33. The smallest absolute Gasteiger partial charge is 0.238 e. The summed E-state index contributed by atoms with van der Waals surface area (Å²) in [7, 11) is -3.86. The molecule has 0 aliphatic carbocycles. The van der Waals surface area contributed by atoms with Gasteiger partial charge in [0.2, 0.25) is 15.7 Å². The summed E-state index contributed by atoms with van der Waals surface area (Å²) in [4.78, 5) is 15.5. The van der Waals surface area contributed by atoms with Crippen LogP contribution in [0.2, 0.25) is 0 Å². The van der Waals surface area contributed by atoms with Gasteiger partial charge in [-0.1, -0.05) is 0 Å². The zero-order valence-corrected chi connectivity index (χ0v) is 11.4. The molecule has 1 unspecified atom stereocenters. The number of carbonyl (C=O) groups excluding carboxylic acids is 1. The van der Waals surface area contributed by atoms with E-state index in [-0.39, 0.29) is 16.8 Å². The third-order valence-electron chi connectivity index (χ3n) is 2.34. The molecule has 1 aromatic rings. The van der Waals surface area contributed by atoms with Crippen LogP contribution in [0, 0.1) is 0 Å². The maximum Gasteiger partial charge on any atom is 0.238 e. The second-order valence-corrected chi connectivity index (χ2v) is 6.43. The quantitative estimate of drug-likeness (QED) is 0.822. The van der Waals surface area contributed by atoms with E-state index in [1.165, 1.54) is 25.3 Å². The lowest BCUT2D eigenvalue weighted by Crippen LogP contribution is -2.41. The molecule has 0 aromatic carbocycles. The standard InChI is InChI=1S/C11H17N3O3S/c1-7(2)14-10(15)8(3)18(16,17)11-9(12)5-4-6-13-11/h4-8H,12H2,1-3H3,(H,14,15). The van der Waals surface area contributed by atoms with Crippen molar-refractivity contribution >= 4 is 21.4 Å². The van der Waals surface area contributed by atoms with Gasteiger partial charge in [0.05, 0.1) is 5.69 Å². The minimum Gasteiger partial charge on any atom is -0.396 e. The van der Waals surface area contributed by atoms with E-state index in [0.29, 0.717) is 0 Å². The minimum absolute atomic E-state index is 0.0432. The van der Waals surface area contributed by atoms with Crippen molar-refractivity contribution in [1.29, 1.82) is 0 Å². The van der Waals surface area contributed by atoms with Crippen LogP contribution in [-0.2, 0) is 14.6 Å². The third kappa shape index (κ3) is 2.98. The Morgan fingerprint density at radius 3 is 2.50 bits per heavy atom. The first-order valence-electron chi connectivity index (χ1n) is 5.51. The molecule has 1 heterocycles. The van der Waals surface area contributed by atoms with E-state index in [1.54, 1.807) is 13.8 Å². The molecule has 0 saturated heterocycles. The van der Waals surface area contributed by atoms with E-state index in [2.05, 4.69) is 10.3 Å². The second kappa shape index (κ2) is 5.34. The van der Waals surface area contributed by atoms with Gasteiger partial charge in [-0.3, -0.25) is 4.79 Å². The van der Waals surface area contributed by atoms with Crippen molar-refractivity contribution in [3.05, 3.63) is 18.3 Å². The number of pyridine rings is 1. The molecule has 1 atom stereocenters. The van der Waals surface area contributed by atoms with E-state index in [4.69, 9.17) is 5.73 Å². The fourth-order valence-electron chi connectivity index (χ4n) is 1.35. The fraction of sp³-hybridized carbons (Fsp3) is 0.455. The van der Waals surface area contributed by atoms with Crippen molar-refractivity contribution in [2.45, 2.75) is 37.1 Å². The van der Waals surface area contributed by atoms with Crippen LogP contribution in [0.3, 0.4) is 0 Å². The summed E-state index contributed by atoms with van der Waals surface area (Å²) in [6.45, 7) is 4.83. The zero-order chi connectivity index (χ0) is 13.9. The van der Waals surface area contributed by atoms with Crippen molar-refractivity contribution < 1.29 is 13.2 Å². The molecule has 0 fully saturated rings. The van der Waals surface area contributed by atoms with Gasteiger partial charge in [-0.05, 0) is 32.9 Å². The normalized spacial score (nSPS) is 13.3. The van der Waals surface area contributed by atoms with E-state index in [9.17, 15) is 13.2 Å². The zero-order valence-electron chi connectivity index (χ0n) is 10.5. The first kappa shape index (κ1) is 14.4. The van der Waals surface area contributed by atoms with E-state index < -0.39 is 21.0 Å². The van der Waals surface area contributed by atoms with Crippen molar-refractivity contribution in [3.63, 3.8) is 0 Å². The Bertz CT molecular complexity index is 540. The highest BCUT2D eigenvalue weighted by molar-refractivity contribution is 7.92. The van der Waals surface area contributed by atoms with Crippen molar-refractivity contribution in [1.82, 2.24) is 10.3 Å². The van der Waals surface area contributed by atoms with E-state index >= 15 is 0 Å². The number of nitrogens with two attached hydrogens (primary N) is 1. The van der Waals surface area contributed by atoms with Crippen LogP contribution < -0.4 is 11.1 Å². The van der Waals surface area contributed by atoms with Crippen molar-refractivity contribution in [3.8, 4) is 0 Å². The molecule has 1 amide bonds. The number of hydrogen-bond acceptors (Lipinski definition) is 5. The predicted molar refractivity (Wildman–Crippen MR) is 68.6 cm³/mol. The number of hydrogen-bond donors (Lipinski definition) is 2. The lowest BCUT2D eigenvalue weighted by molar-refractivity contribution is -0.120. The molecule has 0 saturated carbocycles. The SMILES string of the molecule is CC(C)NC(=O)C(C)S(=O)(=O)c1ncccc1N. The number of anilines is 1. The lowest BCUT2D eigenvalue weighted by Gasteiger charge is -2.15. The molecule has 0 bridgehead atoms. The van der Waals surface area contributed by atoms with Gasteiger partial charge in [-0.25, -0.2) is 13.4 Å². The molecule has 3 N–H and O–H groups in total. The number of sulfone groups is 1. The van der Waals surface area contributed by atoms with Crippen LogP contribution in [0.1, 0.15) is 20.8 Å². The van der Waals surface area contributed by atoms with E-state index in [0.717, 1.165) is 0 Å². The van der Waals surface area contributed by atoms with Gasteiger partial charge in [0.15, 0.2) is 5.03 Å². The Hall–Kier alpha value is -1.63. The van der Waals surface area contributed by atoms with Gasteiger partial charge in [-0.2, -0.15) is 0 Å². The summed E-state index contributed by atoms with van der Waals surface area (Å²) in [6, 6.07) is 2.84. The topological polar surface area (TPSA) is 102 Å². The van der Waals surface area contributed by atoms with Gasteiger partial charge < -0.3 is 11.1 Å². The maximum absolute atomic E-state index is 12.2. The van der Waals surface area contributed by atoms with Crippen LogP contribution in [0.25, 0.3) is 0 Å². The Kier molecular flexibility index (Phi) is 4.28. The molecule has 0 aliphatic heterocycles. The molecular weight excluding hydrogens is 254 g/mol. The van der Waals surface area contributed by atoms with Gasteiger partial charge in [0.1, 0.15) is 5.25 Å². The highest BCUT2D eigenvalue weighted by Crippen LogP contribution is 2.19. The number of carbonyl (C=O) groups is 1. The molecular formula is C11H17N3O3S. The summed E-state index contributed by atoms with van der Waals surface area (Å²) < 4.78 is 24.3. The van der Waals surface area contributed by atoms with Crippen molar-refractivity contribution in [2.75, 3.05) is 5.73 Å². The van der Waals surface area contributed by atoms with Gasteiger partial charge in [0, 0.05) is 12.2 Å². The van der Waals surface area contributed by atoms with Crippen LogP contribution in [-0.4, -0.2) is 30.6 Å². The Labute approximate surface area is 107 Å². The molecule has 7 heteroatoms. The van der Waals surface area contributed by atoms with Crippen molar-refractivity contribution in [2.24, 2.45) is 0 Å². The number of nitrogens with one attached hydrogen (secondary N) is 1. The summed E-state index contributed by atoms with van der Waals surface area (Å²) in [5.74, 6) is -0.560. The Morgan fingerprint density at radius 2 is 2.00 bits per heavy atom. The average Bonchev–Trinajstić information content (AvgIpc) is 2.27. The van der Waals surface area contributed by atoms with Gasteiger partial charge >= 0.3 is 0 Å².